The van der Waals surface area contributed by atoms with Crippen molar-refractivity contribution < 1.29 is 0 Å². The van der Waals surface area contributed by atoms with E-state index in [2.05, 4.69) is 46.4 Å². The molecule has 0 aromatic carbocycles. The number of alkyl halides is 1. The SMILES string of the molecule is CCC(C)N(C)CCn1c(C(C)Cl)nc2cc(C)cnc21. The van der Waals surface area contributed by atoms with Crippen molar-refractivity contribution in [2.24, 2.45) is 0 Å². The molecular weight excluding hydrogens is 284 g/mol. The molecule has 2 heterocycles. The monoisotopic (exact) mass is 308 g/mol. The van der Waals surface area contributed by atoms with E-state index < -0.39 is 0 Å². The van der Waals surface area contributed by atoms with Gasteiger partial charge in [0.05, 0.1) is 5.38 Å². The summed E-state index contributed by atoms with van der Waals surface area (Å²) in [7, 11) is 2.16. The topological polar surface area (TPSA) is 34.0 Å². The third kappa shape index (κ3) is 3.55. The van der Waals surface area contributed by atoms with Crippen LogP contribution < -0.4 is 0 Å². The second-order valence-corrected chi connectivity index (χ2v) is 6.49. The lowest BCUT2D eigenvalue weighted by Gasteiger charge is -2.24. The Balaban J connectivity index is 2.30. The van der Waals surface area contributed by atoms with Crippen LogP contribution in [0.25, 0.3) is 11.2 Å². The van der Waals surface area contributed by atoms with Gasteiger partial charge in [-0.05, 0) is 45.9 Å². The molecule has 0 spiro atoms. The highest BCUT2D eigenvalue weighted by Crippen LogP contribution is 2.24. The van der Waals surface area contributed by atoms with Crippen LogP contribution in [0, 0.1) is 6.92 Å². The summed E-state index contributed by atoms with van der Waals surface area (Å²) in [6.45, 7) is 10.3. The summed E-state index contributed by atoms with van der Waals surface area (Å²) in [6, 6.07) is 2.65. The van der Waals surface area contributed by atoms with Crippen molar-refractivity contribution in [1.29, 1.82) is 0 Å². The maximum atomic E-state index is 6.30. The zero-order valence-electron chi connectivity index (χ0n) is 13.6. The van der Waals surface area contributed by atoms with Crippen molar-refractivity contribution >= 4 is 22.8 Å². The van der Waals surface area contributed by atoms with E-state index in [-0.39, 0.29) is 5.38 Å². The molecule has 0 bridgehead atoms. The smallest absolute Gasteiger partial charge is 0.160 e. The van der Waals surface area contributed by atoms with Crippen molar-refractivity contribution in [3.63, 3.8) is 0 Å². The standard InChI is InChI=1S/C16H25ClN4/c1-6-12(3)20(5)7-8-21-15(13(4)17)19-14-9-11(2)10-18-16(14)21/h9-10,12-13H,6-8H2,1-5H3. The van der Waals surface area contributed by atoms with Crippen LogP contribution in [-0.4, -0.2) is 39.1 Å². The van der Waals surface area contributed by atoms with Crippen LogP contribution in [0.1, 0.15) is 44.0 Å². The number of rotatable bonds is 6. The lowest BCUT2D eigenvalue weighted by atomic mass is 10.2. The molecule has 0 amide bonds. The minimum Gasteiger partial charge on any atom is -0.310 e. The van der Waals surface area contributed by atoms with Gasteiger partial charge in [-0.2, -0.15) is 0 Å². The number of imidazole rings is 1. The van der Waals surface area contributed by atoms with E-state index in [1.54, 1.807) is 0 Å². The second-order valence-electron chi connectivity index (χ2n) is 5.83. The van der Waals surface area contributed by atoms with E-state index in [1.165, 1.54) is 0 Å². The van der Waals surface area contributed by atoms with Gasteiger partial charge < -0.3 is 9.47 Å². The molecule has 2 aromatic heterocycles. The fourth-order valence-electron chi connectivity index (χ4n) is 2.44. The van der Waals surface area contributed by atoms with E-state index in [4.69, 9.17) is 11.6 Å². The highest BCUT2D eigenvalue weighted by atomic mass is 35.5. The van der Waals surface area contributed by atoms with Crippen molar-refractivity contribution in [1.82, 2.24) is 19.4 Å². The van der Waals surface area contributed by atoms with Gasteiger partial charge in [-0.25, -0.2) is 9.97 Å². The molecule has 0 radical (unpaired) electrons. The van der Waals surface area contributed by atoms with E-state index in [0.29, 0.717) is 6.04 Å². The van der Waals surface area contributed by atoms with Crippen LogP contribution in [0.15, 0.2) is 12.3 Å². The van der Waals surface area contributed by atoms with Gasteiger partial charge in [-0.3, -0.25) is 0 Å². The summed E-state index contributed by atoms with van der Waals surface area (Å²) in [5, 5.41) is -0.117. The molecule has 0 N–H and O–H groups in total. The first kappa shape index (κ1) is 16.2. The van der Waals surface area contributed by atoms with Crippen LogP contribution in [0.5, 0.6) is 0 Å². The molecule has 2 unspecified atom stereocenters. The summed E-state index contributed by atoms with van der Waals surface area (Å²) in [6.07, 6.45) is 3.04. The van der Waals surface area contributed by atoms with E-state index >= 15 is 0 Å². The first-order valence-corrected chi connectivity index (χ1v) is 8.04. The van der Waals surface area contributed by atoms with Crippen LogP contribution >= 0.6 is 11.6 Å². The second kappa shape index (κ2) is 6.75. The van der Waals surface area contributed by atoms with Crippen LogP contribution in [0.3, 0.4) is 0 Å². The molecule has 0 saturated carbocycles. The molecule has 0 fully saturated rings. The lowest BCUT2D eigenvalue weighted by Crippen LogP contribution is -2.31. The van der Waals surface area contributed by atoms with Crippen molar-refractivity contribution in [2.75, 3.05) is 13.6 Å². The number of fused-ring (bicyclic) bond motifs is 1. The minimum atomic E-state index is -0.117. The van der Waals surface area contributed by atoms with Crippen molar-refractivity contribution in [3.05, 3.63) is 23.7 Å². The zero-order chi connectivity index (χ0) is 15.6. The zero-order valence-corrected chi connectivity index (χ0v) is 14.4. The molecule has 2 atom stereocenters. The van der Waals surface area contributed by atoms with Gasteiger partial charge in [-0.1, -0.05) is 6.92 Å². The third-order valence-corrected chi connectivity index (χ3v) is 4.32. The number of hydrogen-bond donors (Lipinski definition) is 0. The molecule has 0 aliphatic carbocycles. The fraction of sp³-hybridized carbons (Fsp3) is 0.625. The lowest BCUT2D eigenvalue weighted by molar-refractivity contribution is 0.242. The molecule has 5 heteroatoms. The Hall–Kier alpha value is -1.13. The molecule has 4 nitrogen and oxygen atoms in total. The summed E-state index contributed by atoms with van der Waals surface area (Å²) in [4.78, 5) is 11.6. The van der Waals surface area contributed by atoms with Gasteiger partial charge in [-0.15, -0.1) is 11.6 Å². The average Bonchev–Trinajstić information content (AvgIpc) is 2.81. The maximum absolute atomic E-state index is 6.30. The Labute approximate surface area is 132 Å². The molecule has 0 aliphatic rings. The fourth-order valence-corrected chi connectivity index (χ4v) is 2.61. The number of hydrogen-bond acceptors (Lipinski definition) is 3. The number of aryl methyl sites for hydroxylation is 1. The molecule has 0 saturated heterocycles. The van der Waals surface area contributed by atoms with E-state index in [9.17, 15) is 0 Å². The van der Waals surface area contributed by atoms with Gasteiger partial charge in [0.25, 0.3) is 0 Å². The Morgan fingerprint density at radius 3 is 2.71 bits per heavy atom. The summed E-state index contributed by atoms with van der Waals surface area (Å²) in [5.41, 5.74) is 2.99. The van der Waals surface area contributed by atoms with Gasteiger partial charge in [0.1, 0.15) is 11.3 Å². The van der Waals surface area contributed by atoms with Crippen molar-refractivity contribution in [2.45, 2.75) is 52.1 Å². The third-order valence-electron chi connectivity index (χ3n) is 4.13. The number of likely N-dealkylation sites (N-methyl/N-ethyl adjacent to an activating group) is 1. The molecule has 0 aliphatic heterocycles. The number of halogens is 1. The first-order valence-electron chi connectivity index (χ1n) is 7.61. The highest BCUT2D eigenvalue weighted by molar-refractivity contribution is 6.20. The van der Waals surface area contributed by atoms with E-state index in [0.717, 1.165) is 42.1 Å². The van der Waals surface area contributed by atoms with Crippen LogP contribution in [0.2, 0.25) is 0 Å². The van der Waals surface area contributed by atoms with Crippen molar-refractivity contribution in [3.8, 4) is 0 Å². The molecule has 21 heavy (non-hydrogen) atoms. The number of nitrogens with zero attached hydrogens (tertiary/aromatic N) is 4. The molecule has 2 rings (SSSR count). The normalized spacial score (nSPS) is 14.8. The van der Waals surface area contributed by atoms with Gasteiger partial charge >= 0.3 is 0 Å². The summed E-state index contributed by atoms with van der Waals surface area (Å²) in [5.74, 6) is 0.905. The van der Waals surface area contributed by atoms with Gasteiger partial charge in [0.2, 0.25) is 0 Å². The van der Waals surface area contributed by atoms with E-state index in [1.807, 2.05) is 20.0 Å². The minimum absolute atomic E-state index is 0.117. The largest absolute Gasteiger partial charge is 0.310 e. The Morgan fingerprint density at radius 2 is 2.10 bits per heavy atom. The van der Waals surface area contributed by atoms with Gasteiger partial charge in [0.15, 0.2) is 5.65 Å². The molecular formula is C16H25ClN4. The quantitative estimate of drug-likeness (QED) is 0.762. The maximum Gasteiger partial charge on any atom is 0.160 e. The predicted molar refractivity (Wildman–Crippen MR) is 88.9 cm³/mol. The predicted octanol–water partition coefficient (Wildman–Crippen LogP) is 3.77. The summed E-state index contributed by atoms with van der Waals surface area (Å²) < 4.78 is 2.16. The Morgan fingerprint density at radius 1 is 1.38 bits per heavy atom. The van der Waals surface area contributed by atoms with Crippen LogP contribution in [0.4, 0.5) is 0 Å². The Bertz CT molecular complexity index is 606. The first-order chi connectivity index (χ1) is 9.93. The number of aromatic nitrogens is 3. The Kier molecular flexibility index (Phi) is 5.22. The number of pyridine rings is 1. The molecule has 116 valence electrons. The highest BCUT2D eigenvalue weighted by Gasteiger charge is 2.17. The summed E-state index contributed by atoms with van der Waals surface area (Å²) >= 11 is 6.30. The molecule has 2 aromatic rings. The van der Waals surface area contributed by atoms with Crippen LogP contribution in [-0.2, 0) is 6.54 Å². The van der Waals surface area contributed by atoms with Gasteiger partial charge in [0, 0.05) is 25.3 Å². The average molecular weight is 309 g/mol.